The SMILES string of the molecule is Cc1nc2nc(C(N)=O)nn2c(-c2ccc(Cl)cc2Cl)c1CN. The molecule has 7 nitrogen and oxygen atoms in total. The van der Waals surface area contributed by atoms with Crippen LogP contribution in [0.15, 0.2) is 18.2 Å². The Morgan fingerprint density at radius 2 is 2.04 bits per heavy atom. The standard InChI is InChI=1S/C14H12Cl2N6O/c1-6-9(5-17)11(8-3-2-7(15)4-10(8)16)22-14(19-6)20-13(21-22)12(18)23/h2-4H,5,17H2,1H3,(H2,18,23). The van der Waals surface area contributed by atoms with Crippen molar-refractivity contribution in [1.82, 2.24) is 19.6 Å². The molecule has 0 saturated carbocycles. The van der Waals surface area contributed by atoms with E-state index in [2.05, 4.69) is 15.1 Å². The molecule has 3 rings (SSSR count). The van der Waals surface area contributed by atoms with Crippen LogP contribution >= 0.6 is 23.2 Å². The van der Waals surface area contributed by atoms with Crippen molar-refractivity contribution in [3.05, 3.63) is 45.3 Å². The number of aryl methyl sites for hydroxylation is 1. The molecule has 0 aliphatic heterocycles. The first-order chi connectivity index (χ1) is 10.9. The van der Waals surface area contributed by atoms with Crippen molar-refractivity contribution >= 4 is 34.9 Å². The number of halogens is 2. The summed E-state index contributed by atoms with van der Waals surface area (Å²) in [5.41, 5.74) is 13.8. The van der Waals surface area contributed by atoms with Crippen LogP contribution in [0.5, 0.6) is 0 Å². The molecule has 0 atom stereocenters. The molecule has 2 heterocycles. The Balaban J connectivity index is 2.42. The molecule has 1 amide bonds. The monoisotopic (exact) mass is 350 g/mol. The number of amides is 1. The maximum atomic E-state index is 11.4. The second-order valence-corrected chi connectivity index (χ2v) is 5.71. The van der Waals surface area contributed by atoms with Crippen LogP contribution in [0, 0.1) is 6.92 Å². The van der Waals surface area contributed by atoms with E-state index in [0.29, 0.717) is 27.0 Å². The van der Waals surface area contributed by atoms with Gasteiger partial charge in [0.1, 0.15) is 0 Å². The maximum absolute atomic E-state index is 11.4. The van der Waals surface area contributed by atoms with Gasteiger partial charge in [-0.3, -0.25) is 4.79 Å². The van der Waals surface area contributed by atoms with Crippen LogP contribution in [0.1, 0.15) is 21.9 Å². The lowest BCUT2D eigenvalue weighted by Gasteiger charge is -2.13. The third-order valence-electron chi connectivity index (χ3n) is 3.40. The fourth-order valence-corrected chi connectivity index (χ4v) is 2.85. The highest BCUT2D eigenvalue weighted by Gasteiger charge is 2.20. The predicted molar refractivity (Wildman–Crippen MR) is 87.4 cm³/mol. The lowest BCUT2D eigenvalue weighted by molar-refractivity contribution is 0.0990. The van der Waals surface area contributed by atoms with Gasteiger partial charge in [0.05, 0.1) is 10.7 Å². The van der Waals surface area contributed by atoms with Gasteiger partial charge in [0, 0.05) is 28.4 Å². The second-order valence-electron chi connectivity index (χ2n) is 4.86. The minimum Gasteiger partial charge on any atom is -0.363 e. The van der Waals surface area contributed by atoms with Gasteiger partial charge in [-0.15, -0.1) is 5.10 Å². The van der Waals surface area contributed by atoms with Crippen LogP contribution in [0.2, 0.25) is 10.0 Å². The van der Waals surface area contributed by atoms with Crippen molar-refractivity contribution in [2.75, 3.05) is 0 Å². The summed E-state index contributed by atoms with van der Waals surface area (Å²) < 4.78 is 1.42. The molecule has 0 fully saturated rings. The average Bonchev–Trinajstić information content (AvgIpc) is 2.90. The molecule has 0 radical (unpaired) electrons. The number of carbonyl (C=O) groups is 1. The van der Waals surface area contributed by atoms with E-state index in [1.54, 1.807) is 25.1 Å². The van der Waals surface area contributed by atoms with Crippen molar-refractivity contribution in [2.24, 2.45) is 11.5 Å². The molecule has 1 aromatic carbocycles. The molecule has 0 spiro atoms. The lowest BCUT2D eigenvalue weighted by Crippen LogP contribution is -2.13. The number of fused-ring (bicyclic) bond motifs is 1. The van der Waals surface area contributed by atoms with Gasteiger partial charge >= 0.3 is 0 Å². The van der Waals surface area contributed by atoms with E-state index < -0.39 is 5.91 Å². The fourth-order valence-electron chi connectivity index (χ4n) is 2.35. The average molecular weight is 351 g/mol. The Bertz CT molecular complexity index is 937. The smallest absolute Gasteiger partial charge is 0.288 e. The number of hydrogen-bond donors (Lipinski definition) is 2. The lowest BCUT2D eigenvalue weighted by atomic mass is 10.0. The van der Waals surface area contributed by atoms with Crippen molar-refractivity contribution in [3.8, 4) is 11.3 Å². The Hall–Kier alpha value is -2.22. The minimum atomic E-state index is -0.740. The van der Waals surface area contributed by atoms with E-state index in [9.17, 15) is 4.79 Å². The Morgan fingerprint density at radius 3 is 2.65 bits per heavy atom. The first-order valence-electron chi connectivity index (χ1n) is 6.64. The van der Waals surface area contributed by atoms with Gasteiger partial charge in [0.15, 0.2) is 0 Å². The zero-order valence-electron chi connectivity index (χ0n) is 12.0. The van der Waals surface area contributed by atoms with Gasteiger partial charge in [0.25, 0.3) is 11.7 Å². The molecule has 0 bridgehead atoms. The molecular formula is C14H12Cl2N6O. The van der Waals surface area contributed by atoms with E-state index in [0.717, 1.165) is 5.56 Å². The van der Waals surface area contributed by atoms with Crippen molar-refractivity contribution in [1.29, 1.82) is 0 Å². The summed E-state index contributed by atoms with van der Waals surface area (Å²) in [6.45, 7) is 2.02. The second kappa shape index (κ2) is 5.77. The first kappa shape index (κ1) is 15.7. The molecule has 0 saturated heterocycles. The Morgan fingerprint density at radius 1 is 1.30 bits per heavy atom. The molecule has 0 aliphatic rings. The van der Waals surface area contributed by atoms with Crippen LogP contribution in [0.4, 0.5) is 0 Å². The highest BCUT2D eigenvalue weighted by molar-refractivity contribution is 6.36. The largest absolute Gasteiger partial charge is 0.363 e. The molecule has 23 heavy (non-hydrogen) atoms. The number of benzene rings is 1. The molecule has 3 aromatic rings. The molecule has 0 unspecified atom stereocenters. The summed E-state index contributed by atoms with van der Waals surface area (Å²) in [7, 11) is 0. The van der Waals surface area contributed by atoms with Gasteiger partial charge in [-0.1, -0.05) is 23.2 Å². The number of rotatable bonds is 3. The van der Waals surface area contributed by atoms with E-state index in [1.807, 2.05) is 0 Å². The number of primary amides is 1. The number of carbonyl (C=O) groups excluding carboxylic acids is 1. The normalized spacial score (nSPS) is 11.1. The predicted octanol–water partition coefficient (Wildman–Crippen LogP) is 1.96. The molecule has 118 valence electrons. The molecule has 0 aliphatic carbocycles. The summed E-state index contributed by atoms with van der Waals surface area (Å²) in [6.07, 6.45) is 0. The molecule has 2 aromatic heterocycles. The summed E-state index contributed by atoms with van der Waals surface area (Å²) in [5, 5.41) is 5.06. The zero-order chi connectivity index (χ0) is 16.7. The van der Waals surface area contributed by atoms with E-state index in [4.69, 9.17) is 34.7 Å². The van der Waals surface area contributed by atoms with E-state index in [1.165, 1.54) is 4.52 Å². The summed E-state index contributed by atoms with van der Waals surface area (Å²) in [5.74, 6) is -0.623. The van der Waals surface area contributed by atoms with E-state index in [-0.39, 0.29) is 18.1 Å². The summed E-state index contributed by atoms with van der Waals surface area (Å²) in [6, 6.07) is 5.08. The van der Waals surface area contributed by atoms with Gasteiger partial charge in [-0.05, 0) is 25.1 Å². The Labute approximate surface area is 141 Å². The Kier molecular flexibility index (Phi) is 3.93. The number of hydrogen-bond acceptors (Lipinski definition) is 5. The summed E-state index contributed by atoms with van der Waals surface area (Å²) in [4.78, 5) is 19.7. The van der Waals surface area contributed by atoms with Crippen LogP contribution in [-0.2, 0) is 6.54 Å². The number of nitrogens with two attached hydrogens (primary N) is 2. The van der Waals surface area contributed by atoms with Crippen LogP contribution in [0.25, 0.3) is 17.0 Å². The quantitative estimate of drug-likeness (QED) is 0.749. The van der Waals surface area contributed by atoms with Gasteiger partial charge in [-0.25, -0.2) is 4.98 Å². The van der Waals surface area contributed by atoms with Gasteiger partial charge in [-0.2, -0.15) is 9.50 Å². The van der Waals surface area contributed by atoms with Crippen molar-refractivity contribution in [3.63, 3.8) is 0 Å². The van der Waals surface area contributed by atoms with Crippen LogP contribution in [-0.4, -0.2) is 25.5 Å². The fraction of sp³-hybridized carbons (Fsp3) is 0.143. The van der Waals surface area contributed by atoms with E-state index >= 15 is 0 Å². The van der Waals surface area contributed by atoms with Crippen LogP contribution < -0.4 is 11.5 Å². The topological polar surface area (TPSA) is 112 Å². The number of nitrogens with zero attached hydrogens (tertiary/aromatic N) is 4. The molecule has 4 N–H and O–H groups in total. The zero-order valence-corrected chi connectivity index (χ0v) is 13.6. The highest BCUT2D eigenvalue weighted by atomic mass is 35.5. The first-order valence-corrected chi connectivity index (χ1v) is 7.39. The summed E-state index contributed by atoms with van der Waals surface area (Å²) >= 11 is 12.3. The number of aromatic nitrogens is 4. The van der Waals surface area contributed by atoms with Crippen molar-refractivity contribution < 1.29 is 4.79 Å². The van der Waals surface area contributed by atoms with Crippen LogP contribution in [0.3, 0.4) is 0 Å². The maximum Gasteiger partial charge on any atom is 0.288 e. The highest BCUT2D eigenvalue weighted by Crippen LogP contribution is 2.33. The third kappa shape index (κ3) is 2.63. The van der Waals surface area contributed by atoms with Gasteiger partial charge in [0.2, 0.25) is 5.82 Å². The van der Waals surface area contributed by atoms with Crippen molar-refractivity contribution in [2.45, 2.75) is 13.5 Å². The minimum absolute atomic E-state index is 0.127. The molecule has 9 heteroatoms. The molecular weight excluding hydrogens is 339 g/mol. The third-order valence-corrected chi connectivity index (χ3v) is 3.95. The van der Waals surface area contributed by atoms with Gasteiger partial charge < -0.3 is 11.5 Å².